The summed E-state index contributed by atoms with van der Waals surface area (Å²) in [7, 11) is 1.67. The molecule has 2 rings (SSSR count). The molecule has 1 aromatic carbocycles. The summed E-state index contributed by atoms with van der Waals surface area (Å²) in [5.41, 5.74) is -0.0664. The lowest BCUT2D eigenvalue weighted by Crippen LogP contribution is -2.33. The van der Waals surface area contributed by atoms with E-state index in [0.29, 0.717) is 18.4 Å². The van der Waals surface area contributed by atoms with E-state index in [1.807, 2.05) is 0 Å². The maximum absolute atomic E-state index is 12.1. The molecule has 7 heteroatoms. The predicted molar refractivity (Wildman–Crippen MR) is 82.3 cm³/mol. The van der Waals surface area contributed by atoms with Gasteiger partial charge in [0.25, 0.3) is 0 Å². The number of carbonyl (C=O) groups is 2. The fourth-order valence-electron chi connectivity index (χ4n) is 2.16. The van der Waals surface area contributed by atoms with E-state index in [1.165, 1.54) is 17.0 Å². The second-order valence-corrected chi connectivity index (χ2v) is 6.24. The van der Waals surface area contributed by atoms with E-state index in [-0.39, 0.29) is 27.3 Å². The van der Waals surface area contributed by atoms with Crippen molar-refractivity contribution in [2.24, 2.45) is 11.8 Å². The number of benzene rings is 1. The van der Waals surface area contributed by atoms with Crippen molar-refractivity contribution in [3.8, 4) is 0 Å². The highest BCUT2D eigenvalue weighted by atomic mass is 35.5. The number of nitrogens with zero attached hydrogens (tertiary/aromatic N) is 1. The van der Waals surface area contributed by atoms with Crippen molar-refractivity contribution in [2.75, 3.05) is 18.9 Å². The van der Waals surface area contributed by atoms with Crippen LogP contribution in [-0.4, -0.2) is 35.6 Å². The summed E-state index contributed by atoms with van der Waals surface area (Å²) in [6.45, 7) is 2.77. The molecule has 0 bridgehead atoms. The highest BCUT2D eigenvalue weighted by Gasteiger charge is 2.34. The first-order chi connectivity index (χ1) is 9.79. The zero-order chi connectivity index (χ0) is 15.7. The minimum atomic E-state index is -1.20. The molecule has 1 aromatic rings. The molecule has 0 radical (unpaired) electrons. The van der Waals surface area contributed by atoms with Crippen LogP contribution in [0.2, 0.25) is 10.0 Å². The van der Waals surface area contributed by atoms with E-state index in [1.54, 1.807) is 7.05 Å². The number of carbonyl (C=O) groups excluding carboxylic acids is 1. The number of hydrogen-bond donors (Lipinski definition) is 2. The van der Waals surface area contributed by atoms with E-state index in [4.69, 9.17) is 23.2 Å². The van der Waals surface area contributed by atoms with Crippen LogP contribution in [0.5, 0.6) is 0 Å². The van der Waals surface area contributed by atoms with Crippen molar-refractivity contribution in [1.29, 1.82) is 0 Å². The molecule has 0 spiro atoms. The Balaban J connectivity index is 2.14. The summed E-state index contributed by atoms with van der Waals surface area (Å²) >= 11 is 11.8. The monoisotopic (exact) mass is 330 g/mol. The van der Waals surface area contributed by atoms with Crippen molar-refractivity contribution in [2.45, 2.75) is 13.3 Å². The van der Waals surface area contributed by atoms with Gasteiger partial charge in [-0.25, -0.2) is 9.59 Å². The average molecular weight is 331 g/mol. The van der Waals surface area contributed by atoms with Crippen LogP contribution in [0.1, 0.15) is 23.7 Å². The molecule has 0 aromatic heterocycles. The lowest BCUT2D eigenvalue weighted by Gasteiger charge is -2.19. The predicted octanol–water partition coefficient (Wildman–Crippen LogP) is 3.81. The van der Waals surface area contributed by atoms with Crippen LogP contribution >= 0.6 is 23.2 Å². The van der Waals surface area contributed by atoms with Crippen LogP contribution in [0.25, 0.3) is 0 Å². The molecule has 1 saturated carbocycles. The number of amides is 2. The number of hydrogen-bond acceptors (Lipinski definition) is 2. The molecular formula is C14H16Cl2N2O3. The van der Waals surface area contributed by atoms with Gasteiger partial charge in [-0.3, -0.25) is 0 Å². The van der Waals surface area contributed by atoms with Gasteiger partial charge in [-0.15, -0.1) is 0 Å². The first-order valence-corrected chi connectivity index (χ1v) is 7.29. The number of rotatable bonds is 4. The standard InChI is InChI=1S/C14H16Cl2N2O3/c1-7-3-8(7)6-18(2)14(21)17-12-10(13(19)20)4-9(15)5-11(12)16/h4-5,7-8H,3,6H2,1-2H3,(H,17,21)(H,19,20). The van der Waals surface area contributed by atoms with E-state index in [0.717, 1.165) is 6.42 Å². The number of aromatic carboxylic acids is 1. The molecule has 2 amide bonds. The van der Waals surface area contributed by atoms with Crippen molar-refractivity contribution >= 4 is 40.9 Å². The van der Waals surface area contributed by atoms with Gasteiger partial charge in [0.2, 0.25) is 0 Å². The molecule has 1 aliphatic carbocycles. The van der Waals surface area contributed by atoms with Gasteiger partial charge in [0, 0.05) is 18.6 Å². The summed E-state index contributed by atoms with van der Waals surface area (Å²) in [5.74, 6) is -0.0532. The molecule has 5 nitrogen and oxygen atoms in total. The highest BCUT2D eigenvalue weighted by Crippen LogP contribution is 2.38. The molecule has 2 N–H and O–H groups in total. The zero-order valence-corrected chi connectivity index (χ0v) is 13.2. The average Bonchev–Trinajstić information content (AvgIpc) is 3.07. The van der Waals surface area contributed by atoms with Gasteiger partial charge in [-0.2, -0.15) is 0 Å². The quantitative estimate of drug-likeness (QED) is 0.881. The number of anilines is 1. The van der Waals surface area contributed by atoms with E-state index >= 15 is 0 Å². The molecule has 114 valence electrons. The van der Waals surface area contributed by atoms with E-state index < -0.39 is 5.97 Å². The third-order valence-corrected chi connectivity index (χ3v) is 4.16. The normalized spacial score (nSPS) is 20.0. The third-order valence-electron chi connectivity index (χ3n) is 3.65. The lowest BCUT2D eigenvalue weighted by atomic mass is 10.2. The maximum Gasteiger partial charge on any atom is 0.337 e. The van der Waals surface area contributed by atoms with Gasteiger partial charge < -0.3 is 15.3 Å². The topological polar surface area (TPSA) is 69.6 Å². The van der Waals surface area contributed by atoms with Crippen molar-refractivity contribution < 1.29 is 14.7 Å². The van der Waals surface area contributed by atoms with Crippen LogP contribution in [0, 0.1) is 11.8 Å². The number of carboxylic acid groups (broad SMARTS) is 1. The number of nitrogens with one attached hydrogen (secondary N) is 1. The van der Waals surface area contributed by atoms with Crippen LogP contribution in [0.3, 0.4) is 0 Å². The molecule has 0 aliphatic heterocycles. The van der Waals surface area contributed by atoms with Crippen molar-refractivity contribution in [3.05, 3.63) is 27.7 Å². The number of urea groups is 1. The van der Waals surface area contributed by atoms with Crippen LogP contribution in [0.4, 0.5) is 10.5 Å². The minimum Gasteiger partial charge on any atom is -0.478 e. The molecule has 0 saturated heterocycles. The Labute approximate surface area is 132 Å². The smallest absolute Gasteiger partial charge is 0.337 e. The van der Waals surface area contributed by atoms with Gasteiger partial charge in [0.05, 0.1) is 16.3 Å². The number of halogens is 2. The summed E-state index contributed by atoms with van der Waals surface area (Å²) in [4.78, 5) is 24.9. The summed E-state index contributed by atoms with van der Waals surface area (Å²) in [6.07, 6.45) is 1.11. The Morgan fingerprint density at radius 3 is 2.57 bits per heavy atom. The fraction of sp³-hybridized carbons (Fsp3) is 0.429. The Bertz CT molecular complexity index is 592. The fourth-order valence-corrected chi connectivity index (χ4v) is 2.70. The lowest BCUT2D eigenvalue weighted by molar-refractivity contribution is 0.0698. The Hall–Kier alpha value is -1.46. The van der Waals surface area contributed by atoms with Gasteiger partial charge in [-0.05, 0) is 30.4 Å². The highest BCUT2D eigenvalue weighted by molar-refractivity contribution is 6.37. The van der Waals surface area contributed by atoms with Crippen molar-refractivity contribution in [1.82, 2.24) is 4.90 Å². The largest absolute Gasteiger partial charge is 0.478 e. The summed E-state index contributed by atoms with van der Waals surface area (Å²) in [5, 5.41) is 12.0. The third kappa shape index (κ3) is 3.80. The second-order valence-electron chi connectivity index (χ2n) is 5.40. The molecular weight excluding hydrogens is 315 g/mol. The minimum absolute atomic E-state index is 0.0641. The van der Waals surface area contributed by atoms with Gasteiger partial charge in [-0.1, -0.05) is 30.1 Å². The Kier molecular flexibility index (Phi) is 4.64. The first-order valence-electron chi connectivity index (χ1n) is 6.54. The Morgan fingerprint density at radius 1 is 1.43 bits per heavy atom. The Morgan fingerprint density at radius 2 is 2.05 bits per heavy atom. The van der Waals surface area contributed by atoms with Gasteiger partial charge in [0.1, 0.15) is 0 Å². The molecule has 21 heavy (non-hydrogen) atoms. The van der Waals surface area contributed by atoms with Crippen LogP contribution in [-0.2, 0) is 0 Å². The van der Waals surface area contributed by atoms with Crippen molar-refractivity contribution in [3.63, 3.8) is 0 Å². The first kappa shape index (κ1) is 15.9. The summed E-state index contributed by atoms with van der Waals surface area (Å²) in [6, 6.07) is 2.27. The SMILES string of the molecule is CC1CC1CN(C)C(=O)Nc1c(Cl)cc(Cl)cc1C(=O)O. The molecule has 1 aliphatic rings. The zero-order valence-electron chi connectivity index (χ0n) is 11.7. The number of carboxylic acids is 1. The van der Waals surface area contributed by atoms with Crippen LogP contribution in [0.15, 0.2) is 12.1 Å². The molecule has 1 fully saturated rings. The summed E-state index contributed by atoms with van der Waals surface area (Å²) < 4.78 is 0. The van der Waals surface area contributed by atoms with Gasteiger partial charge in [0.15, 0.2) is 0 Å². The van der Waals surface area contributed by atoms with Crippen LogP contribution < -0.4 is 5.32 Å². The van der Waals surface area contributed by atoms with E-state index in [2.05, 4.69) is 12.2 Å². The molecule has 2 atom stereocenters. The maximum atomic E-state index is 12.1. The van der Waals surface area contributed by atoms with E-state index in [9.17, 15) is 14.7 Å². The molecule has 0 heterocycles. The van der Waals surface area contributed by atoms with Gasteiger partial charge >= 0.3 is 12.0 Å². The molecule has 2 unspecified atom stereocenters. The second kappa shape index (κ2) is 6.12.